The Labute approximate surface area is 148 Å². The Balaban J connectivity index is 2.50. The monoisotopic (exact) mass is 345 g/mol. The normalized spacial score (nSPS) is 11.4. The van der Waals surface area contributed by atoms with Crippen LogP contribution in [-0.2, 0) is 9.59 Å². The summed E-state index contributed by atoms with van der Waals surface area (Å²) in [6, 6.07) is 5.77. The Hall–Kier alpha value is -2.63. The number of benzene rings is 1. The van der Waals surface area contributed by atoms with Crippen molar-refractivity contribution < 1.29 is 14.4 Å². The summed E-state index contributed by atoms with van der Waals surface area (Å²) in [4.78, 5) is 34.8. The average Bonchev–Trinajstić information content (AvgIpc) is 2.56. The van der Waals surface area contributed by atoms with Crippen LogP contribution in [0.4, 0.5) is 5.69 Å². The van der Waals surface area contributed by atoms with E-state index in [0.717, 1.165) is 32.1 Å². The summed E-state index contributed by atoms with van der Waals surface area (Å²) in [7, 11) is 0. The Morgan fingerprint density at radius 1 is 1.12 bits per heavy atom. The number of hydrogen-bond acceptors (Lipinski definition) is 3. The van der Waals surface area contributed by atoms with E-state index < -0.39 is 11.9 Å². The smallest absolute Gasteiger partial charge is 0.251 e. The van der Waals surface area contributed by atoms with E-state index in [2.05, 4.69) is 17.2 Å². The van der Waals surface area contributed by atoms with Gasteiger partial charge < -0.3 is 16.4 Å². The number of primary amides is 1. The van der Waals surface area contributed by atoms with Crippen LogP contribution < -0.4 is 16.4 Å². The van der Waals surface area contributed by atoms with E-state index in [4.69, 9.17) is 5.73 Å². The third kappa shape index (κ3) is 8.15. The summed E-state index contributed by atoms with van der Waals surface area (Å²) in [6.45, 7) is 5.09. The Morgan fingerprint density at radius 2 is 1.76 bits per heavy atom. The number of amides is 3. The Kier molecular flexibility index (Phi) is 9.00. The second-order valence-electron chi connectivity index (χ2n) is 5.97. The van der Waals surface area contributed by atoms with Crippen LogP contribution in [0.15, 0.2) is 36.9 Å². The molecule has 0 aliphatic heterocycles. The summed E-state index contributed by atoms with van der Waals surface area (Å²) in [6.07, 6.45) is 7.37. The van der Waals surface area contributed by atoms with Crippen molar-refractivity contribution in [3.63, 3.8) is 0 Å². The molecule has 0 unspecified atom stereocenters. The first-order valence-corrected chi connectivity index (χ1v) is 8.52. The van der Waals surface area contributed by atoms with E-state index in [9.17, 15) is 14.4 Å². The van der Waals surface area contributed by atoms with Crippen LogP contribution in [0.25, 0.3) is 0 Å². The number of hydrogen-bond donors (Lipinski definition) is 3. The van der Waals surface area contributed by atoms with Gasteiger partial charge in [-0.05, 0) is 43.5 Å². The summed E-state index contributed by atoms with van der Waals surface area (Å²) in [5, 5.41) is 5.31. The molecule has 3 amide bonds. The zero-order valence-corrected chi connectivity index (χ0v) is 14.7. The van der Waals surface area contributed by atoms with Gasteiger partial charge in [-0.2, -0.15) is 0 Å². The molecule has 136 valence electrons. The molecule has 0 aliphatic carbocycles. The van der Waals surface area contributed by atoms with Crippen molar-refractivity contribution in [3.8, 4) is 0 Å². The van der Waals surface area contributed by atoms with Gasteiger partial charge in [-0.1, -0.05) is 25.3 Å². The minimum Gasteiger partial charge on any atom is -0.368 e. The highest BCUT2D eigenvalue weighted by molar-refractivity contribution is 5.98. The highest BCUT2D eigenvalue weighted by atomic mass is 16.2. The second-order valence-corrected chi connectivity index (χ2v) is 5.97. The van der Waals surface area contributed by atoms with Gasteiger partial charge in [0.2, 0.25) is 11.8 Å². The summed E-state index contributed by atoms with van der Waals surface area (Å²) in [5.74, 6) is -1.07. The lowest BCUT2D eigenvalue weighted by molar-refractivity contribution is -0.120. The van der Waals surface area contributed by atoms with Crippen molar-refractivity contribution in [2.75, 3.05) is 5.32 Å². The first-order chi connectivity index (χ1) is 11.9. The summed E-state index contributed by atoms with van der Waals surface area (Å²) < 4.78 is 0. The zero-order valence-electron chi connectivity index (χ0n) is 14.7. The second kappa shape index (κ2) is 11.0. The molecule has 0 aromatic heterocycles. The topological polar surface area (TPSA) is 101 Å². The molecule has 6 heteroatoms. The third-order valence-corrected chi connectivity index (χ3v) is 3.77. The predicted octanol–water partition coefficient (Wildman–Crippen LogP) is 2.76. The summed E-state index contributed by atoms with van der Waals surface area (Å²) in [5.41, 5.74) is 6.41. The highest BCUT2D eigenvalue weighted by Crippen LogP contribution is 2.11. The predicted molar refractivity (Wildman–Crippen MR) is 99.1 cm³/mol. The quantitative estimate of drug-likeness (QED) is 0.424. The fourth-order valence-electron chi connectivity index (χ4n) is 2.43. The van der Waals surface area contributed by atoms with Gasteiger partial charge in [0.25, 0.3) is 5.91 Å². The molecule has 0 saturated heterocycles. The van der Waals surface area contributed by atoms with Gasteiger partial charge in [-0.15, -0.1) is 6.58 Å². The van der Waals surface area contributed by atoms with Crippen molar-refractivity contribution >= 4 is 23.4 Å². The Bertz CT molecular complexity index is 596. The van der Waals surface area contributed by atoms with E-state index in [-0.39, 0.29) is 11.8 Å². The minimum atomic E-state index is -0.679. The molecule has 0 bridgehead atoms. The van der Waals surface area contributed by atoms with Crippen LogP contribution in [0.5, 0.6) is 0 Å². The van der Waals surface area contributed by atoms with E-state index in [1.54, 1.807) is 24.3 Å². The lowest BCUT2D eigenvalue weighted by Gasteiger charge is -2.15. The minimum absolute atomic E-state index is 0.181. The Morgan fingerprint density at radius 3 is 2.32 bits per heavy atom. The van der Waals surface area contributed by atoms with Gasteiger partial charge in [0.15, 0.2) is 0 Å². The molecule has 6 nitrogen and oxygen atoms in total. The van der Waals surface area contributed by atoms with Crippen molar-refractivity contribution in [1.29, 1.82) is 0 Å². The number of nitrogens with one attached hydrogen (secondary N) is 2. The molecule has 0 fully saturated rings. The van der Waals surface area contributed by atoms with Crippen LogP contribution in [-0.4, -0.2) is 23.8 Å². The van der Waals surface area contributed by atoms with Gasteiger partial charge in [-0.25, -0.2) is 0 Å². The van der Waals surface area contributed by atoms with Crippen LogP contribution in [0.2, 0.25) is 0 Å². The van der Waals surface area contributed by atoms with Crippen LogP contribution in [0, 0.1) is 0 Å². The lowest BCUT2D eigenvalue weighted by Crippen LogP contribution is -2.44. The molecule has 0 spiro atoms. The van der Waals surface area contributed by atoms with Crippen molar-refractivity contribution in [2.45, 2.75) is 51.5 Å². The summed E-state index contributed by atoms with van der Waals surface area (Å²) >= 11 is 0. The van der Waals surface area contributed by atoms with Crippen molar-refractivity contribution in [2.24, 2.45) is 5.73 Å². The van der Waals surface area contributed by atoms with Crippen molar-refractivity contribution in [1.82, 2.24) is 5.32 Å². The lowest BCUT2D eigenvalue weighted by atomic mass is 10.1. The van der Waals surface area contributed by atoms with Gasteiger partial charge >= 0.3 is 0 Å². The molecule has 4 N–H and O–H groups in total. The zero-order chi connectivity index (χ0) is 18.7. The van der Waals surface area contributed by atoms with Gasteiger partial charge in [0.1, 0.15) is 6.04 Å². The number of anilines is 1. The first-order valence-electron chi connectivity index (χ1n) is 8.52. The maximum absolute atomic E-state index is 12.2. The van der Waals surface area contributed by atoms with E-state index >= 15 is 0 Å². The fourth-order valence-corrected chi connectivity index (χ4v) is 2.43. The molecular formula is C19H27N3O3. The number of allylic oxidation sites excluding steroid dienone is 1. The molecule has 25 heavy (non-hydrogen) atoms. The van der Waals surface area contributed by atoms with E-state index in [1.165, 1.54) is 6.92 Å². The number of unbranched alkanes of at least 4 members (excludes halogenated alkanes) is 4. The van der Waals surface area contributed by atoms with Gasteiger partial charge in [0.05, 0.1) is 0 Å². The molecule has 1 rings (SSSR count). The van der Waals surface area contributed by atoms with Crippen LogP contribution in [0.3, 0.4) is 0 Å². The average molecular weight is 345 g/mol. The first kappa shape index (κ1) is 20.4. The molecule has 0 heterocycles. The number of carbonyl (C=O) groups is 3. The number of rotatable bonds is 11. The van der Waals surface area contributed by atoms with Crippen LogP contribution in [0.1, 0.15) is 55.8 Å². The molecule has 0 aliphatic rings. The van der Waals surface area contributed by atoms with Crippen LogP contribution >= 0.6 is 0 Å². The third-order valence-electron chi connectivity index (χ3n) is 3.77. The maximum atomic E-state index is 12.2. The largest absolute Gasteiger partial charge is 0.368 e. The highest BCUT2D eigenvalue weighted by Gasteiger charge is 2.18. The molecule has 1 aromatic rings. The van der Waals surface area contributed by atoms with E-state index in [0.29, 0.717) is 17.7 Å². The molecule has 0 saturated carbocycles. The van der Waals surface area contributed by atoms with Gasteiger partial charge in [-0.3, -0.25) is 14.4 Å². The SMILES string of the molecule is C=CCCCCCC[C@H](NC(=O)c1ccc(NC(C)=O)cc1)C(N)=O. The molecular weight excluding hydrogens is 318 g/mol. The maximum Gasteiger partial charge on any atom is 0.251 e. The fraction of sp³-hybridized carbons (Fsp3) is 0.421. The molecule has 1 atom stereocenters. The molecule has 1 aromatic carbocycles. The standard InChI is InChI=1S/C19H27N3O3/c1-3-4-5-6-7-8-9-17(18(20)24)22-19(25)15-10-12-16(13-11-15)21-14(2)23/h3,10-13,17H,1,4-9H2,2H3,(H2,20,24)(H,21,23)(H,22,25)/t17-/m0/s1. The molecule has 0 radical (unpaired) electrons. The van der Waals surface area contributed by atoms with Gasteiger partial charge in [0, 0.05) is 18.2 Å². The van der Waals surface area contributed by atoms with E-state index in [1.807, 2.05) is 6.08 Å². The van der Waals surface area contributed by atoms with Crippen molar-refractivity contribution in [3.05, 3.63) is 42.5 Å². The number of carbonyl (C=O) groups excluding carboxylic acids is 3. The number of nitrogens with two attached hydrogens (primary N) is 1.